The van der Waals surface area contributed by atoms with E-state index in [1.54, 1.807) is 28.6 Å². The molecule has 1 aliphatic heterocycles. The van der Waals surface area contributed by atoms with Crippen LogP contribution in [-0.2, 0) is 13.0 Å². The molecule has 0 radical (unpaired) electrons. The van der Waals surface area contributed by atoms with Crippen LogP contribution >= 0.6 is 22.7 Å². The zero-order valence-corrected chi connectivity index (χ0v) is 14.6. The molecule has 23 heavy (non-hydrogen) atoms. The molecule has 0 spiro atoms. The second-order valence-corrected chi connectivity index (χ2v) is 7.52. The number of fused-ring (bicyclic) bond motifs is 1. The Morgan fingerprint density at radius 3 is 2.96 bits per heavy atom. The number of thiophene rings is 1. The number of nitrogens with zero attached hydrogens (tertiary/aromatic N) is 4. The average molecular weight is 342 g/mol. The first-order chi connectivity index (χ1) is 11.3. The zero-order chi connectivity index (χ0) is 15.6. The van der Waals surface area contributed by atoms with Crippen LogP contribution in [0.15, 0.2) is 35.3 Å². The fraction of sp³-hybridized carbons (Fsp3) is 0.353. The van der Waals surface area contributed by atoms with E-state index in [0.29, 0.717) is 6.04 Å². The van der Waals surface area contributed by atoms with Crippen molar-refractivity contribution in [2.24, 2.45) is 0 Å². The average Bonchev–Trinajstić information content (AvgIpc) is 3.24. The first-order valence-corrected chi connectivity index (χ1v) is 9.63. The van der Waals surface area contributed by atoms with Crippen LogP contribution in [0, 0.1) is 0 Å². The summed E-state index contributed by atoms with van der Waals surface area (Å²) in [5, 5.41) is 5.27. The monoisotopic (exact) mass is 342 g/mol. The molecule has 4 nitrogen and oxygen atoms in total. The predicted octanol–water partition coefficient (Wildman–Crippen LogP) is 4.17. The highest BCUT2D eigenvalue weighted by atomic mass is 32.1. The maximum atomic E-state index is 4.74. The number of hydrogen-bond donors (Lipinski definition) is 0. The minimum Gasteiger partial charge on any atom is -0.290 e. The van der Waals surface area contributed by atoms with Gasteiger partial charge < -0.3 is 0 Å². The lowest BCUT2D eigenvalue weighted by molar-refractivity contribution is 0.171. The van der Waals surface area contributed by atoms with Crippen molar-refractivity contribution < 1.29 is 0 Å². The Bertz CT molecular complexity index is 781. The molecule has 0 aliphatic carbocycles. The fourth-order valence-electron chi connectivity index (χ4n) is 3.22. The van der Waals surface area contributed by atoms with Crippen LogP contribution in [0.4, 0.5) is 0 Å². The Morgan fingerprint density at radius 1 is 1.26 bits per heavy atom. The second kappa shape index (κ2) is 6.47. The Kier molecular flexibility index (Phi) is 4.20. The Labute approximate surface area is 143 Å². The minimum atomic E-state index is 0.517. The van der Waals surface area contributed by atoms with Gasteiger partial charge in [-0.3, -0.25) is 4.90 Å². The highest BCUT2D eigenvalue weighted by molar-refractivity contribution is 7.13. The van der Waals surface area contributed by atoms with Crippen molar-refractivity contribution in [3.8, 4) is 10.8 Å². The lowest BCUT2D eigenvalue weighted by Crippen LogP contribution is -2.34. The molecule has 0 saturated heterocycles. The molecule has 1 unspecified atom stereocenters. The SMILES string of the molecule is CCC1c2ccsc2CCN1Cc1csc(-c2ncccn2)n1. The first kappa shape index (κ1) is 14.9. The lowest BCUT2D eigenvalue weighted by Gasteiger charge is -2.34. The van der Waals surface area contributed by atoms with Crippen LogP contribution in [0.2, 0.25) is 0 Å². The summed E-state index contributed by atoms with van der Waals surface area (Å²) >= 11 is 3.52. The van der Waals surface area contributed by atoms with Gasteiger partial charge in [0.25, 0.3) is 0 Å². The molecular weight excluding hydrogens is 324 g/mol. The summed E-state index contributed by atoms with van der Waals surface area (Å²) in [5.41, 5.74) is 2.64. The molecule has 118 valence electrons. The van der Waals surface area contributed by atoms with E-state index in [4.69, 9.17) is 4.98 Å². The van der Waals surface area contributed by atoms with E-state index in [9.17, 15) is 0 Å². The molecule has 4 heterocycles. The highest BCUT2D eigenvalue weighted by Crippen LogP contribution is 2.36. The molecule has 6 heteroatoms. The van der Waals surface area contributed by atoms with Crippen molar-refractivity contribution in [3.63, 3.8) is 0 Å². The molecule has 1 aliphatic rings. The van der Waals surface area contributed by atoms with Crippen LogP contribution in [0.1, 0.15) is 35.5 Å². The topological polar surface area (TPSA) is 41.9 Å². The minimum absolute atomic E-state index is 0.517. The van der Waals surface area contributed by atoms with Gasteiger partial charge in [0.1, 0.15) is 0 Å². The third-order valence-electron chi connectivity index (χ3n) is 4.27. The summed E-state index contributed by atoms with van der Waals surface area (Å²) in [6, 6.07) is 4.64. The molecule has 0 saturated carbocycles. The summed E-state index contributed by atoms with van der Waals surface area (Å²) in [5.74, 6) is 0.717. The molecular formula is C17H18N4S2. The number of thiazole rings is 1. The van der Waals surface area contributed by atoms with Crippen molar-refractivity contribution in [1.29, 1.82) is 0 Å². The molecule has 0 amide bonds. The largest absolute Gasteiger partial charge is 0.290 e. The third kappa shape index (κ3) is 2.94. The van der Waals surface area contributed by atoms with Gasteiger partial charge in [0.05, 0.1) is 5.69 Å². The number of rotatable bonds is 4. The van der Waals surface area contributed by atoms with Crippen LogP contribution in [0.3, 0.4) is 0 Å². The van der Waals surface area contributed by atoms with Crippen molar-refractivity contribution >= 4 is 22.7 Å². The summed E-state index contributed by atoms with van der Waals surface area (Å²) < 4.78 is 0. The normalized spacial score (nSPS) is 18.0. The Balaban J connectivity index is 1.54. The van der Waals surface area contributed by atoms with E-state index >= 15 is 0 Å². The number of hydrogen-bond acceptors (Lipinski definition) is 6. The van der Waals surface area contributed by atoms with Crippen LogP contribution in [0.25, 0.3) is 10.8 Å². The lowest BCUT2D eigenvalue weighted by atomic mass is 9.98. The van der Waals surface area contributed by atoms with Crippen LogP contribution in [0.5, 0.6) is 0 Å². The molecule has 0 bridgehead atoms. The van der Waals surface area contributed by atoms with E-state index in [-0.39, 0.29) is 0 Å². The number of aromatic nitrogens is 3. The maximum absolute atomic E-state index is 4.74. The van der Waals surface area contributed by atoms with E-state index < -0.39 is 0 Å². The molecule has 0 fully saturated rings. The smallest absolute Gasteiger partial charge is 0.188 e. The summed E-state index contributed by atoms with van der Waals surface area (Å²) in [4.78, 5) is 17.4. The van der Waals surface area contributed by atoms with Crippen molar-refractivity contribution in [3.05, 3.63) is 51.4 Å². The van der Waals surface area contributed by atoms with Gasteiger partial charge in [-0.1, -0.05) is 6.92 Å². The molecule has 0 N–H and O–H groups in total. The molecule has 4 rings (SSSR count). The zero-order valence-electron chi connectivity index (χ0n) is 13.0. The van der Waals surface area contributed by atoms with Gasteiger partial charge in [0, 0.05) is 41.8 Å². The van der Waals surface area contributed by atoms with Crippen molar-refractivity contribution in [1.82, 2.24) is 19.9 Å². The van der Waals surface area contributed by atoms with Gasteiger partial charge in [-0.2, -0.15) is 0 Å². The first-order valence-electron chi connectivity index (χ1n) is 7.87. The van der Waals surface area contributed by atoms with Gasteiger partial charge >= 0.3 is 0 Å². The Hall–Kier alpha value is -1.63. The second-order valence-electron chi connectivity index (χ2n) is 5.66. The quantitative estimate of drug-likeness (QED) is 0.713. The van der Waals surface area contributed by atoms with Gasteiger partial charge in [-0.15, -0.1) is 22.7 Å². The van der Waals surface area contributed by atoms with Gasteiger partial charge in [-0.25, -0.2) is 15.0 Å². The Morgan fingerprint density at radius 2 is 2.13 bits per heavy atom. The van der Waals surface area contributed by atoms with E-state index in [1.165, 1.54) is 5.56 Å². The predicted molar refractivity (Wildman–Crippen MR) is 94.6 cm³/mol. The van der Waals surface area contributed by atoms with Gasteiger partial charge in [0.2, 0.25) is 0 Å². The van der Waals surface area contributed by atoms with E-state index in [1.807, 2.05) is 17.4 Å². The van der Waals surface area contributed by atoms with Crippen LogP contribution < -0.4 is 0 Å². The standard InChI is InChI=1S/C17H18N4S2/c1-2-14-13-5-9-22-15(13)4-8-21(14)10-12-11-23-17(20-12)16-18-6-3-7-19-16/h3,5-7,9,11,14H,2,4,8,10H2,1H3. The summed E-state index contributed by atoms with van der Waals surface area (Å²) in [6.07, 6.45) is 5.82. The van der Waals surface area contributed by atoms with Crippen molar-refractivity contribution in [2.45, 2.75) is 32.4 Å². The van der Waals surface area contributed by atoms with Gasteiger partial charge in [0.15, 0.2) is 10.8 Å². The summed E-state index contributed by atoms with van der Waals surface area (Å²) in [6.45, 7) is 4.28. The molecule has 3 aromatic rings. The van der Waals surface area contributed by atoms with Gasteiger partial charge in [-0.05, 0) is 35.9 Å². The summed E-state index contributed by atoms with van der Waals surface area (Å²) in [7, 11) is 0. The third-order valence-corrected chi connectivity index (χ3v) is 6.15. The highest BCUT2D eigenvalue weighted by Gasteiger charge is 2.27. The van der Waals surface area contributed by atoms with Crippen molar-refractivity contribution in [2.75, 3.05) is 6.54 Å². The molecule has 0 aromatic carbocycles. The van der Waals surface area contributed by atoms with Crippen LogP contribution in [-0.4, -0.2) is 26.4 Å². The molecule has 1 atom stereocenters. The van der Waals surface area contributed by atoms with E-state index in [0.717, 1.165) is 42.5 Å². The van der Waals surface area contributed by atoms with E-state index in [2.05, 4.69) is 38.6 Å². The maximum Gasteiger partial charge on any atom is 0.188 e. The fourth-order valence-corrected chi connectivity index (χ4v) is 4.90. The molecule has 3 aromatic heterocycles.